The maximum atomic E-state index is 15.8. The number of halogens is 1. The molecule has 3 saturated heterocycles. The molecule has 7 unspecified atom stereocenters. The number of fused-ring (bicyclic) bond motifs is 1. The zero-order chi connectivity index (χ0) is 22.9. The lowest BCUT2D eigenvalue weighted by atomic mass is 9.79. The minimum atomic E-state index is -1.20. The second kappa shape index (κ2) is 10.2. The molecule has 0 aromatic rings. The summed E-state index contributed by atoms with van der Waals surface area (Å²) in [6, 6.07) is -0.227. The molecule has 5 N–H and O–H groups in total. The van der Waals surface area contributed by atoms with Crippen molar-refractivity contribution in [3.05, 3.63) is 0 Å². The molecule has 3 heterocycles. The van der Waals surface area contributed by atoms with Gasteiger partial charge in [-0.3, -0.25) is 25.6 Å². The summed E-state index contributed by atoms with van der Waals surface area (Å²) in [5.41, 5.74) is 5.55. The van der Waals surface area contributed by atoms with Crippen molar-refractivity contribution in [1.29, 1.82) is 0 Å². The molecule has 9 heteroatoms. The standard InChI is InChI=1S/C23H42FN5O3/c1-23(2,3)12-15(20(25)30)28-21-19(24)22(27-13-26-21)29-8-4-5-16(29)14-6-7-17-18(11-14)32-10-9-31-17/h14-19,21-22,26-28H,4-13H2,1-3H3,(H2,25,30)/t14?,15-,16?,17?,18?,19?,21?,22?/m0/s1. The van der Waals surface area contributed by atoms with Gasteiger partial charge in [0, 0.05) is 19.3 Å². The first-order chi connectivity index (χ1) is 15.2. The number of carbonyl (C=O) groups excluding carboxylic acids is 1. The largest absolute Gasteiger partial charge is 0.373 e. The van der Waals surface area contributed by atoms with Crippen molar-refractivity contribution in [3.63, 3.8) is 0 Å². The summed E-state index contributed by atoms with van der Waals surface area (Å²) in [6.07, 6.45) is 4.05. The van der Waals surface area contributed by atoms with E-state index in [4.69, 9.17) is 15.2 Å². The average molecular weight is 456 g/mol. The number of likely N-dealkylation sites (tertiary alicyclic amines) is 1. The number of ether oxygens (including phenoxy) is 2. The first-order valence-corrected chi connectivity index (χ1v) is 12.4. The predicted octanol–water partition coefficient (Wildman–Crippen LogP) is 1.06. The number of nitrogens with zero attached hydrogens (tertiary/aromatic N) is 1. The molecule has 0 bridgehead atoms. The SMILES string of the molecule is CC(C)(C)C[C@H](NC1NCNC(N2CCCC2C2CCC3OCCOC3C2)C1F)C(N)=O. The van der Waals surface area contributed by atoms with Gasteiger partial charge in [0.15, 0.2) is 6.17 Å². The van der Waals surface area contributed by atoms with Gasteiger partial charge in [0.1, 0.15) is 0 Å². The van der Waals surface area contributed by atoms with Crippen LogP contribution < -0.4 is 21.7 Å². The number of amides is 1. The van der Waals surface area contributed by atoms with Gasteiger partial charge in [-0.25, -0.2) is 4.39 Å². The third-order valence-electron chi connectivity index (χ3n) is 7.56. The summed E-state index contributed by atoms with van der Waals surface area (Å²) in [6.45, 7) is 8.91. The van der Waals surface area contributed by atoms with Crippen molar-refractivity contribution < 1.29 is 18.7 Å². The van der Waals surface area contributed by atoms with Crippen LogP contribution >= 0.6 is 0 Å². The molecule has 1 amide bonds. The first kappa shape index (κ1) is 24.3. The second-order valence-electron chi connectivity index (χ2n) is 11.2. The monoisotopic (exact) mass is 455 g/mol. The van der Waals surface area contributed by atoms with Crippen molar-refractivity contribution in [3.8, 4) is 0 Å². The summed E-state index contributed by atoms with van der Waals surface area (Å²) in [5, 5.41) is 9.68. The van der Waals surface area contributed by atoms with Crippen LogP contribution in [-0.2, 0) is 14.3 Å². The number of nitrogens with two attached hydrogens (primary N) is 1. The fourth-order valence-electron chi connectivity index (χ4n) is 6.12. The first-order valence-electron chi connectivity index (χ1n) is 12.4. The van der Waals surface area contributed by atoms with E-state index >= 15 is 4.39 Å². The van der Waals surface area contributed by atoms with Gasteiger partial charge >= 0.3 is 0 Å². The van der Waals surface area contributed by atoms with Crippen LogP contribution in [0.3, 0.4) is 0 Å². The van der Waals surface area contributed by atoms with Gasteiger partial charge in [0.2, 0.25) is 5.91 Å². The number of rotatable bonds is 6. The quantitative estimate of drug-likeness (QED) is 0.475. The molecule has 0 aromatic heterocycles. The molecule has 184 valence electrons. The lowest BCUT2D eigenvalue weighted by molar-refractivity contribution is -0.166. The van der Waals surface area contributed by atoms with Gasteiger partial charge in [-0.2, -0.15) is 0 Å². The number of hydrogen-bond acceptors (Lipinski definition) is 7. The number of hydrogen-bond donors (Lipinski definition) is 4. The average Bonchev–Trinajstić information content (AvgIpc) is 3.23. The minimum Gasteiger partial charge on any atom is -0.373 e. The molecule has 1 saturated carbocycles. The fourth-order valence-corrected chi connectivity index (χ4v) is 6.12. The molecule has 4 aliphatic rings. The molecule has 0 aromatic carbocycles. The highest BCUT2D eigenvalue weighted by atomic mass is 19.1. The molecule has 8 nitrogen and oxygen atoms in total. The molecule has 8 atom stereocenters. The zero-order valence-corrected chi connectivity index (χ0v) is 19.8. The van der Waals surface area contributed by atoms with Crippen LogP contribution in [0.25, 0.3) is 0 Å². The Morgan fingerprint density at radius 3 is 2.66 bits per heavy atom. The second-order valence-corrected chi connectivity index (χ2v) is 11.2. The van der Waals surface area contributed by atoms with E-state index in [1.54, 1.807) is 0 Å². The van der Waals surface area contributed by atoms with E-state index in [-0.39, 0.29) is 23.8 Å². The van der Waals surface area contributed by atoms with E-state index in [1.807, 2.05) is 0 Å². The fraction of sp³-hybridized carbons (Fsp3) is 0.957. The third kappa shape index (κ3) is 5.62. The van der Waals surface area contributed by atoms with E-state index in [2.05, 4.69) is 41.6 Å². The normalized spacial score (nSPS) is 40.1. The highest BCUT2D eigenvalue weighted by molar-refractivity contribution is 5.79. The Kier molecular flexibility index (Phi) is 7.74. The summed E-state index contributed by atoms with van der Waals surface area (Å²) >= 11 is 0. The van der Waals surface area contributed by atoms with Gasteiger partial charge in [-0.05, 0) is 49.9 Å². The van der Waals surface area contributed by atoms with E-state index in [0.29, 0.717) is 38.3 Å². The molecule has 32 heavy (non-hydrogen) atoms. The maximum absolute atomic E-state index is 15.8. The van der Waals surface area contributed by atoms with Crippen molar-refractivity contribution >= 4 is 5.91 Å². The summed E-state index contributed by atoms with van der Waals surface area (Å²) < 4.78 is 27.7. The van der Waals surface area contributed by atoms with Crippen LogP contribution in [0.1, 0.15) is 59.3 Å². The Balaban J connectivity index is 1.40. The highest BCUT2D eigenvalue weighted by Crippen LogP contribution is 2.39. The van der Waals surface area contributed by atoms with Crippen molar-refractivity contribution in [2.75, 3.05) is 26.4 Å². The summed E-state index contributed by atoms with van der Waals surface area (Å²) in [4.78, 5) is 14.4. The van der Waals surface area contributed by atoms with Crippen LogP contribution in [0.2, 0.25) is 0 Å². The van der Waals surface area contributed by atoms with Crippen LogP contribution in [0, 0.1) is 11.3 Å². The number of carbonyl (C=O) groups is 1. The third-order valence-corrected chi connectivity index (χ3v) is 7.56. The highest BCUT2D eigenvalue weighted by Gasteiger charge is 2.46. The van der Waals surface area contributed by atoms with Crippen molar-refractivity contribution in [2.45, 2.75) is 102 Å². The van der Waals surface area contributed by atoms with Gasteiger partial charge in [-0.1, -0.05) is 20.8 Å². The Morgan fingerprint density at radius 2 is 1.94 bits per heavy atom. The lowest BCUT2D eigenvalue weighted by Gasteiger charge is -2.47. The van der Waals surface area contributed by atoms with E-state index in [1.165, 1.54) is 0 Å². The maximum Gasteiger partial charge on any atom is 0.234 e. The zero-order valence-electron chi connectivity index (χ0n) is 19.8. The molecule has 1 aliphatic carbocycles. The molecule has 0 spiro atoms. The van der Waals surface area contributed by atoms with Gasteiger partial charge in [-0.15, -0.1) is 0 Å². The van der Waals surface area contributed by atoms with Crippen LogP contribution in [-0.4, -0.2) is 80.0 Å². The Hall–Kier alpha value is -0.840. The van der Waals surface area contributed by atoms with Crippen LogP contribution in [0.5, 0.6) is 0 Å². The topological polar surface area (TPSA) is 101 Å². The van der Waals surface area contributed by atoms with Gasteiger partial charge in [0.05, 0.1) is 43.8 Å². The van der Waals surface area contributed by atoms with Crippen LogP contribution in [0.4, 0.5) is 4.39 Å². The van der Waals surface area contributed by atoms with Crippen molar-refractivity contribution in [2.24, 2.45) is 17.1 Å². The van der Waals surface area contributed by atoms with Crippen molar-refractivity contribution in [1.82, 2.24) is 20.9 Å². The Morgan fingerprint density at radius 1 is 1.19 bits per heavy atom. The van der Waals surface area contributed by atoms with Crippen LogP contribution in [0.15, 0.2) is 0 Å². The summed E-state index contributed by atoms with van der Waals surface area (Å²) in [7, 11) is 0. The molecular formula is C23H42FN5O3. The molecule has 3 aliphatic heterocycles. The number of alkyl halides is 1. The number of primary amides is 1. The molecular weight excluding hydrogens is 413 g/mol. The van der Waals surface area contributed by atoms with Gasteiger partial charge < -0.3 is 15.2 Å². The van der Waals surface area contributed by atoms with E-state index in [0.717, 1.165) is 38.6 Å². The lowest BCUT2D eigenvalue weighted by Crippen LogP contribution is -2.71. The number of nitrogens with one attached hydrogen (secondary N) is 3. The Bertz CT molecular complexity index is 648. The smallest absolute Gasteiger partial charge is 0.234 e. The molecule has 0 radical (unpaired) electrons. The van der Waals surface area contributed by atoms with E-state index in [9.17, 15) is 4.79 Å². The molecule has 4 fully saturated rings. The van der Waals surface area contributed by atoms with E-state index < -0.39 is 24.3 Å². The molecule has 4 rings (SSSR count). The van der Waals surface area contributed by atoms with Gasteiger partial charge in [0.25, 0.3) is 0 Å². The summed E-state index contributed by atoms with van der Waals surface area (Å²) in [5.74, 6) is 0.0597. The minimum absolute atomic E-state index is 0.0887. The Labute approximate surface area is 191 Å². The predicted molar refractivity (Wildman–Crippen MR) is 120 cm³/mol.